The summed E-state index contributed by atoms with van der Waals surface area (Å²) in [6.45, 7) is 2.90. The summed E-state index contributed by atoms with van der Waals surface area (Å²) in [4.78, 5) is 31.0. The zero-order valence-corrected chi connectivity index (χ0v) is 19.0. The molecule has 31 heavy (non-hydrogen) atoms. The number of nitrogens with one attached hydrogen (secondary N) is 1. The van der Waals surface area contributed by atoms with Crippen molar-refractivity contribution < 1.29 is 23.8 Å². The summed E-state index contributed by atoms with van der Waals surface area (Å²) in [5.74, 6) is -0.338. The van der Waals surface area contributed by atoms with Crippen molar-refractivity contribution in [3.63, 3.8) is 0 Å². The molecule has 1 heterocycles. The summed E-state index contributed by atoms with van der Waals surface area (Å²) in [5.41, 5.74) is 1.38. The van der Waals surface area contributed by atoms with Crippen molar-refractivity contribution in [2.45, 2.75) is 26.0 Å². The molecule has 0 bridgehead atoms. The van der Waals surface area contributed by atoms with Crippen molar-refractivity contribution in [3.8, 4) is 0 Å². The summed E-state index contributed by atoms with van der Waals surface area (Å²) < 4.78 is 15.7. The van der Waals surface area contributed by atoms with Gasteiger partial charge in [-0.25, -0.2) is 4.98 Å². The zero-order valence-electron chi connectivity index (χ0n) is 18.2. The van der Waals surface area contributed by atoms with E-state index in [2.05, 4.69) is 10.3 Å². The molecule has 0 aliphatic carbocycles. The standard InChI is InChI=1S/C22H31N3O5S/c1-28-12-6-10-23-22(27)19-17-31-20(24-19)14-25(11-7-13-29-2)21(26)16-30-15-18-8-4-3-5-9-18/h3-5,8-9,17H,6-7,10-16H2,1-2H3,(H,23,27). The van der Waals surface area contributed by atoms with E-state index in [1.165, 1.54) is 11.3 Å². The van der Waals surface area contributed by atoms with Crippen molar-refractivity contribution in [3.05, 3.63) is 52.0 Å². The lowest BCUT2D eigenvalue weighted by molar-refractivity contribution is -0.137. The highest BCUT2D eigenvalue weighted by Crippen LogP contribution is 2.14. The Morgan fingerprint density at radius 3 is 2.58 bits per heavy atom. The van der Waals surface area contributed by atoms with Crippen LogP contribution in [0.15, 0.2) is 35.7 Å². The Bertz CT molecular complexity index is 784. The molecule has 8 nitrogen and oxygen atoms in total. The van der Waals surface area contributed by atoms with Gasteiger partial charge in [0.1, 0.15) is 17.3 Å². The number of thiazole rings is 1. The zero-order chi connectivity index (χ0) is 22.3. The summed E-state index contributed by atoms with van der Waals surface area (Å²) >= 11 is 1.36. The molecule has 170 valence electrons. The van der Waals surface area contributed by atoms with Gasteiger partial charge in [-0.1, -0.05) is 30.3 Å². The van der Waals surface area contributed by atoms with Gasteiger partial charge in [-0.2, -0.15) is 0 Å². The number of methoxy groups -OCH3 is 2. The fourth-order valence-corrected chi connectivity index (χ4v) is 3.56. The Morgan fingerprint density at radius 1 is 1.10 bits per heavy atom. The van der Waals surface area contributed by atoms with E-state index in [4.69, 9.17) is 14.2 Å². The Morgan fingerprint density at radius 2 is 1.84 bits per heavy atom. The maximum Gasteiger partial charge on any atom is 0.270 e. The lowest BCUT2D eigenvalue weighted by Crippen LogP contribution is -2.35. The summed E-state index contributed by atoms with van der Waals surface area (Å²) in [5, 5.41) is 5.23. The van der Waals surface area contributed by atoms with E-state index < -0.39 is 0 Å². The van der Waals surface area contributed by atoms with Gasteiger partial charge in [-0.3, -0.25) is 9.59 Å². The first-order valence-corrected chi connectivity index (χ1v) is 11.1. The number of ether oxygens (including phenoxy) is 3. The third-order valence-corrected chi connectivity index (χ3v) is 5.22. The lowest BCUT2D eigenvalue weighted by atomic mass is 10.2. The van der Waals surface area contributed by atoms with Crippen LogP contribution < -0.4 is 5.32 Å². The number of nitrogens with zero attached hydrogens (tertiary/aromatic N) is 2. The quantitative estimate of drug-likeness (QED) is 0.420. The molecule has 0 saturated heterocycles. The summed E-state index contributed by atoms with van der Waals surface area (Å²) in [6.07, 6.45) is 1.45. The van der Waals surface area contributed by atoms with Crippen molar-refractivity contribution in [2.24, 2.45) is 0 Å². The first-order chi connectivity index (χ1) is 15.1. The molecule has 1 N–H and O–H groups in total. The largest absolute Gasteiger partial charge is 0.385 e. The molecule has 9 heteroatoms. The highest BCUT2D eigenvalue weighted by molar-refractivity contribution is 7.09. The third-order valence-electron chi connectivity index (χ3n) is 4.39. The van der Waals surface area contributed by atoms with Crippen molar-refractivity contribution in [1.29, 1.82) is 0 Å². The molecular weight excluding hydrogens is 418 g/mol. The Hall–Kier alpha value is -2.33. The van der Waals surface area contributed by atoms with Crippen molar-refractivity contribution in [2.75, 3.05) is 47.1 Å². The Kier molecular flexibility index (Phi) is 11.8. The van der Waals surface area contributed by atoms with Crippen LogP contribution in [0.1, 0.15) is 33.9 Å². The van der Waals surface area contributed by atoms with Gasteiger partial charge in [0.15, 0.2) is 0 Å². The van der Waals surface area contributed by atoms with Crippen LogP contribution in [0.2, 0.25) is 0 Å². The van der Waals surface area contributed by atoms with Crippen molar-refractivity contribution >= 4 is 23.2 Å². The fourth-order valence-electron chi connectivity index (χ4n) is 2.77. The minimum atomic E-state index is -0.220. The Balaban J connectivity index is 1.88. The SMILES string of the molecule is COCCCNC(=O)c1csc(CN(CCCOC)C(=O)COCc2ccccc2)n1. The Labute approximate surface area is 187 Å². The molecule has 0 fully saturated rings. The highest BCUT2D eigenvalue weighted by atomic mass is 32.1. The van der Waals surface area contributed by atoms with Crippen LogP contribution >= 0.6 is 11.3 Å². The van der Waals surface area contributed by atoms with Gasteiger partial charge in [-0.05, 0) is 18.4 Å². The van der Waals surface area contributed by atoms with E-state index >= 15 is 0 Å². The van der Waals surface area contributed by atoms with Crippen LogP contribution in [-0.4, -0.2) is 68.8 Å². The second-order valence-electron chi connectivity index (χ2n) is 6.87. The molecule has 0 aliphatic rings. The third kappa shape index (κ3) is 9.56. The molecule has 0 aliphatic heterocycles. The monoisotopic (exact) mass is 449 g/mol. The van der Waals surface area contributed by atoms with Crippen molar-refractivity contribution in [1.82, 2.24) is 15.2 Å². The number of hydrogen-bond acceptors (Lipinski definition) is 7. The van der Waals surface area contributed by atoms with Gasteiger partial charge in [0, 0.05) is 45.9 Å². The second kappa shape index (κ2) is 14.6. The van der Waals surface area contributed by atoms with Gasteiger partial charge in [0.2, 0.25) is 5.91 Å². The fraction of sp³-hybridized carbons (Fsp3) is 0.500. The topological polar surface area (TPSA) is 90.0 Å². The van der Waals surface area contributed by atoms with Gasteiger partial charge >= 0.3 is 0 Å². The summed E-state index contributed by atoms with van der Waals surface area (Å²) in [7, 11) is 3.26. The van der Waals surface area contributed by atoms with Gasteiger partial charge in [0.25, 0.3) is 5.91 Å². The number of benzene rings is 1. The average molecular weight is 450 g/mol. The molecule has 1 aromatic carbocycles. The van der Waals surface area contributed by atoms with E-state index in [1.807, 2.05) is 30.3 Å². The van der Waals surface area contributed by atoms with Crippen LogP contribution in [0.4, 0.5) is 0 Å². The second-order valence-corrected chi connectivity index (χ2v) is 7.81. The number of rotatable bonds is 15. The van der Waals surface area contributed by atoms with E-state index in [9.17, 15) is 9.59 Å². The normalized spacial score (nSPS) is 10.8. The molecule has 0 radical (unpaired) electrons. The van der Waals surface area contributed by atoms with Crippen LogP contribution in [-0.2, 0) is 32.2 Å². The van der Waals surface area contributed by atoms with E-state index in [1.54, 1.807) is 24.5 Å². The number of carbonyl (C=O) groups is 2. The average Bonchev–Trinajstić information content (AvgIpc) is 3.25. The molecule has 2 aromatic rings. The minimum absolute atomic E-state index is 0.0138. The first-order valence-electron chi connectivity index (χ1n) is 10.2. The molecule has 2 amide bonds. The van der Waals surface area contributed by atoms with Gasteiger partial charge < -0.3 is 24.4 Å². The molecule has 0 spiro atoms. The predicted molar refractivity (Wildman–Crippen MR) is 119 cm³/mol. The van der Waals surface area contributed by atoms with E-state index in [0.29, 0.717) is 56.6 Å². The molecule has 0 atom stereocenters. The first kappa shape index (κ1) is 24.9. The van der Waals surface area contributed by atoms with Crippen LogP contribution in [0.3, 0.4) is 0 Å². The molecule has 2 rings (SSSR count). The minimum Gasteiger partial charge on any atom is -0.385 e. The smallest absolute Gasteiger partial charge is 0.270 e. The van der Waals surface area contributed by atoms with Gasteiger partial charge in [-0.15, -0.1) is 11.3 Å². The number of aromatic nitrogens is 1. The number of hydrogen-bond donors (Lipinski definition) is 1. The van der Waals surface area contributed by atoms with E-state index in [0.717, 1.165) is 12.0 Å². The number of carbonyl (C=O) groups excluding carboxylic acids is 2. The maximum absolute atomic E-state index is 12.7. The van der Waals surface area contributed by atoms with Gasteiger partial charge in [0.05, 0.1) is 13.2 Å². The maximum atomic E-state index is 12.7. The van der Waals surface area contributed by atoms with E-state index in [-0.39, 0.29) is 18.4 Å². The molecular formula is C22H31N3O5S. The van der Waals surface area contributed by atoms with Crippen LogP contribution in [0, 0.1) is 0 Å². The highest BCUT2D eigenvalue weighted by Gasteiger charge is 2.17. The number of amides is 2. The lowest BCUT2D eigenvalue weighted by Gasteiger charge is -2.21. The van der Waals surface area contributed by atoms with Crippen LogP contribution in [0.25, 0.3) is 0 Å². The molecule has 1 aromatic heterocycles. The summed E-state index contributed by atoms with van der Waals surface area (Å²) in [6, 6.07) is 9.72. The molecule has 0 unspecified atom stereocenters. The predicted octanol–water partition coefficient (Wildman–Crippen LogP) is 2.49. The molecule has 0 saturated carbocycles. The van der Waals surface area contributed by atoms with Crippen LogP contribution in [0.5, 0.6) is 0 Å².